The van der Waals surface area contributed by atoms with Gasteiger partial charge in [-0.1, -0.05) is 72.3 Å². The summed E-state index contributed by atoms with van der Waals surface area (Å²) in [6.07, 6.45) is 0.815. The van der Waals surface area contributed by atoms with Crippen LogP contribution in [-0.4, -0.2) is 31.4 Å². The largest absolute Gasteiger partial charge is 0.345 e. The lowest BCUT2D eigenvalue weighted by Crippen LogP contribution is -2.31. The zero-order valence-corrected chi connectivity index (χ0v) is 19.1. The summed E-state index contributed by atoms with van der Waals surface area (Å²) in [6.45, 7) is 0.870. The Kier molecular flexibility index (Phi) is 6.89. The van der Waals surface area contributed by atoms with E-state index in [2.05, 4.69) is 40.5 Å². The van der Waals surface area contributed by atoms with Crippen LogP contribution < -0.4 is 5.32 Å². The van der Waals surface area contributed by atoms with E-state index in [0.29, 0.717) is 10.6 Å². The van der Waals surface area contributed by atoms with Gasteiger partial charge < -0.3 is 10.2 Å². The molecule has 1 atom stereocenters. The first-order valence-electron chi connectivity index (χ1n) is 10.8. The number of nitrogens with one attached hydrogen (secondary N) is 1. The lowest BCUT2D eigenvalue weighted by Gasteiger charge is -2.21. The second kappa shape index (κ2) is 9.99. The summed E-state index contributed by atoms with van der Waals surface area (Å²) in [5.74, 6) is -0.0752. The smallest absolute Gasteiger partial charge is 0.251 e. The van der Waals surface area contributed by atoms with Crippen LogP contribution in [0.4, 0.5) is 0 Å². The number of nitrogens with zero attached hydrogens (tertiary/aromatic N) is 1. The molecule has 1 unspecified atom stereocenters. The second-order valence-corrected chi connectivity index (χ2v) is 8.75. The Labute approximate surface area is 194 Å². The molecule has 0 aliphatic heterocycles. The van der Waals surface area contributed by atoms with Crippen molar-refractivity contribution in [3.63, 3.8) is 0 Å². The molecule has 0 saturated carbocycles. The zero-order chi connectivity index (χ0) is 22.5. The monoisotopic (exact) mass is 442 g/mol. The van der Waals surface area contributed by atoms with Crippen molar-refractivity contribution < 1.29 is 4.79 Å². The summed E-state index contributed by atoms with van der Waals surface area (Å²) in [7, 11) is 4.07. The molecule has 0 spiro atoms. The molecule has 4 rings (SSSR count). The van der Waals surface area contributed by atoms with Gasteiger partial charge in [-0.3, -0.25) is 4.79 Å². The summed E-state index contributed by atoms with van der Waals surface area (Å²) in [5, 5.41) is 6.32. The van der Waals surface area contributed by atoms with E-state index in [1.165, 1.54) is 10.8 Å². The first-order valence-corrected chi connectivity index (χ1v) is 11.2. The van der Waals surface area contributed by atoms with Crippen LogP contribution in [0.1, 0.15) is 28.4 Å². The van der Waals surface area contributed by atoms with E-state index in [0.717, 1.165) is 29.7 Å². The number of hydrogen-bond acceptors (Lipinski definition) is 2. The van der Waals surface area contributed by atoms with Crippen molar-refractivity contribution in [2.75, 3.05) is 20.6 Å². The van der Waals surface area contributed by atoms with Crippen LogP contribution >= 0.6 is 11.6 Å². The molecule has 0 saturated heterocycles. The van der Waals surface area contributed by atoms with Crippen molar-refractivity contribution in [1.82, 2.24) is 10.2 Å². The summed E-state index contributed by atoms with van der Waals surface area (Å²) in [4.78, 5) is 15.1. The van der Waals surface area contributed by atoms with Gasteiger partial charge in [-0.05, 0) is 84.9 Å². The molecule has 4 aromatic rings. The summed E-state index contributed by atoms with van der Waals surface area (Å²) in [5.41, 5.74) is 3.94. The third kappa shape index (κ3) is 5.37. The molecule has 0 fully saturated rings. The fourth-order valence-corrected chi connectivity index (χ4v) is 3.96. The average Bonchev–Trinajstić information content (AvgIpc) is 2.82. The van der Waals surface area contributed by atoms with Gasteiger partial charge in [0.1, 0.15) is 0 Å². The van der Waals surface area contributed by atoms with E-state index < -0.39 is 0 Å². The Balaban J connectivity index is 1.51. The summed E-state index contributed by atoms with van der Waals surface area (Å²) in [6, 6.07) is 30.2. The topological polar surface area (TPSA) is 32.3 Å². The third-order valence-electron chi connectivity index (χ3n) is 5.67. The first-order chi connectivity index (χ1) is 15.5. The van der Waals surface area contributed by atoms with Gasteiger partial charge in [0.05, 0.1) is 6.04 Å². The molecule has 4 aromatic carbocycles. The molecule has 0 radical (unpaired) electrons. The van der Waals surface area contributed by atoms with E-state index in [1.54, 1.807) is 0 Å². The van der Waals surface area contributed by atoms with E-state index in [-0.39, 0.29) is 11.9 Å². The van der Waals surface area contributed by atoms with Crippen molar-refractivity contribution >= 4 is 28.3 Å². The van der Waals surface area contributed by atoms with Crippen molar-refractivity contribution in [3.8, 4) is 11.1 Å². The molecule has 0 aliphatic carbocycles. The van der Waals surface area contributed by atoms with Gasteiger partial charge in [0.2, 0.25) is 0 Å². The van der Waals surface area contributed by atoms with Crippen LogP contribution in [0.25, 0.3) is 21.9 Å². The maximum Gasteiger partial charge on any atom is 0.251 e. The molecular weight excluding hydrogens is 416 g/mol. The van der Waals surface area contributed by atoms with E-state index in [4.69, 9.17) is 11.6 Å². The Hall–Kier alpha value is -3.14. The van der Waals surface area contributed by atoms with Crippen LogP contribution in [0.3, 0.4) is 0 Å². The fourth-order valence-electron chi connectivity index (χ4n) is 3.83. The molecule has 0 bridgehead atoms. The van der Waals surface area contributed by atoms with Crippen LogP contribution in [0.2, 0.25) is 5.02 Å². The van der Waals surface area contributed by atoms with Gasteiger partial charge in [-0.25, -0.2) is 0 Å². The van der Waals surface area contributed by atoms with Gasteiger partial charge in [0.15, 0.2) is 0 Å². The van der Waals surface area contributed by atoms with Crippen molar-refractivity contribution in [1.29, 1.82) is 0 Å². The summed E-state index contributed by atoms with van der Waals surface area (Å²) < 4.78 is 0. The van der Waals surface area contributed by atoms with Crippen LogP contribution in [-0.2, 0) is 0 Å². The second-order valence-electron chi connectivity index (χ2n) is 8.31. The molecule has 0 heterocycles. The fraction of sp³-hybridized carbons (Fsp3) is 0.179. The van der Waals surface area contributed by atoms with Gasteiger partial charge >= 0.3 is 0 Å². The van der Waals surface area contributed by atoms with Crippen molar-refractivity contribution in [2.24, 2.45) is 0 Å². The Morgan fingerprint density at radius 2 is 1.50 bits per heavy atom. The molecule has 0 aromatic heterocycles. The number of hydrogen-bond donors (Lipinski definition) is 1. The normalized spacial score (nSPS) is 12.1. The number of fused-ring (bicyclic) bond motifs is 1. The van der Waals surface area contributed by atoms with Crippen LogP contribution in [0, 0.1) is 0 Å². The standard InChI is InChI=1S/C28H27ClN2O/c1-31(2)18-17-27(22-13-15-26(29)16-14-22)30-28(32)23-10-7-21(8-11-23)25-12-9-20-5-3-4-6-24(20)19-25/h3-16,19,27H,17-18H2,1-2H3,(H,30,32). The van der Waals surface area contributed by atoms with Crippen LogP contribution in [0.5, 0.6) is 0 Å². The number of halogens is 1. The minimum atomic E-state index is -0.0812. The molecule has 1 amide bonds. The predicted molar refractivity (Wildman–Crippen MR) is 134 cm³/mol. The van der Waals surface area contributed by atoms with E-state index >= 15 is 0 Å². The molecule has 32 heavy (non-hydrogen) atoms. The van der Waals surface area contributed by atoms with E-state index in [1.807, 2.05) is 74.8 Å². The highest BCUT2D eigenvalue weighted by molar-refractivity contribution is 6.30. The predicted octanol–water partition coefficient (Wildman–Crippen LogP) is 6.58. The van der Waals surface area contributed by atoms with Gasteiger partial charge in [0, 0.05) is 10.6 Å². The number of carbonyl (C=O) groups is 1. The highest BCUT2D eigenvalue weighted by Crippen LogP contribution is 2.25. The van der Waals surface area contributed by atoms with Gasteiger partial charge in [-0.15, -0.1) is 0 Å². The zero-order valence-electron chi connectivity index (χ0n) is 18.4. The number of rotatable bonds is 7. The Morgan fingerprint density at radius 1 is 0.844 bits per heavy atom. The first kappa shape index (κ1) is 22.1. The Bertz CT molecular complexity index is 1200. The quantitative estimate of drug-likeness (QED) is 0.350. The molecular formula is C28H27ClN2O. The van der Waals surface area contributed by atoms with Gasteiger partial charge in [-0.2, -0.15) is 0 Å². The lowest BCUT2D eigenvalue weighted by molar-refractivity contribution is 0.0932. The van der Waals surface area contributed by atoms with Gasteiger partial charge in [0.25, 0.3) is 5.91 Å². The maximum atomic E-state index is 13.0. The minimum absolute atomic E-state index is 0.0752. The molecule has 162 valence electrons. The molecule has 0 aliphatic rings. The highest BCUT2D eigenvalue weighted by atomic mass is 35.5. The van der Waals surface area contributed by atoms with Crippen molar-refractivity contribution in [3.05, 3.63) is 107 Å². The maximum absolute atomic E-state index is 13.0. The Morgan fingerprint density at radius 3 is 2.19 bits per heavy atom. The van der Waals surface area contributed by atoms with Crippen LogP contribution in [0.15, 0.2) is 91.0 Å². The highest BCUT2D eigenvalue weighted by Gasteiger charge is 2.16. The summed E-state index contributed by atoms with van der Waals surface area (Å²) >= 11 is 6.05. The lowest BCUT2D eigenvalue weighted by atomic mass is 9.99. The third-order valence-corrected chi connectivity index (χ3v) is 5.92. The SMILES string of the molecule is CN(C)CCC(NC(=O)c1ccc(-c2ccc3ccccc3c2)cc1)c1ccc(Cl)cc1. The number of benzene rings is 4. The minimum Gasteiger partial charge on any atom is -0.345 e. The molecule has 1 N–H and O–H groups in total. The van der Waals surface area contributed by atoms with Crippen molar-refractivity contribution in [2.45, 2.75) is 12.5 Å². The molecule has 3 nitrogen and oxygen atoms in total. The number of carbonyl (C=O) groups excluding carboxylic acids is 1. The number of amides is 1. The van der Waals surface area contributed by atoms with E-state index in [9.17, 15) is 4.79 Å². The molecule has 4 heteroatoms. The average molecular weight is 443 g/mol.